The molecule has 12 rings (SSSR count). The molecule has 0 aliphatic heterocycles. The molecular formula is C60H40N2. The summed E-state index contributed by atoms with van der Waals surface area (Å²) >= 11 is 0. The molecule has 1 heterocycles. The summed E-state index contributed by atoms with van der Waals surface area (Å²) in [6.07, 6.45) is 0. The van der Waals surface area contributed by atoms with Crippen LogP contribution in [-0.2, 0) is 0 Å². The zero-order chi connectivity index (χ0) is 41.0. The molecule has 0 aliphatic rings. The minimum absolute atomic E-state index is 1.09. The van der Waals surface area contributed by atoms with Crippen molar-refractivity contribution >= 4 is 71.2 Å². The van der Waals surface area contributed by atoms with Crippen LogP contribution in [0, 0.1) is 0 Å². The van der Waals surface area contributed by atoms with Crippen LogP contribution in [0.15, 0.2) is 243 Å². The van der Waals surface area contributed by atoms with Crippen molar-refractivity contribution in [2.45, 2.75) is 0 Å². The lowest BCUT2D eigenvalue weighted by Crippen LogP contribution is -2.10. The molecule has 0 unspecified atom stereocenters. The maximum absolute atomic E-state index is 2.38. The van der Waals surface area contributed by atoms with Crippen LogP contribution in [0.25, 0.3) is 93.2 Å². The molecule has 0 aliphatic carbocycles. The van der Waals surface area contributed by atoms with Crippen LogP contribution in [0.2, 0.25) is 0 Å². The zero-order valence-corrected chi connectivity index (χ0v) is 34.0. The Morgan fingerprint density at radius 3 is 1.42 bits per heavy atom. The summed E-state index contributed by atoms with van der Waals surface area (Å²) in [5, 5.41) is 10.0. The van der Waals surface area contributed by atoms with E-state index in [9.17, 15) is 0 Å². The summed E-state index contributed by atoms with van der Waals surface area (Å²) in [5.74, 6) is 0. The van der Waals surface area contributed by atoms with Crippen molar-refractivity contribution in [3.05, 3.63) is 243 Å². The SMILES string of the molecule is c1ccc(-c2ccc3cc(N(c4ccc(-c5ccc(-c6cc7ccccc7c7ccccc67)cc5)cc4)c4ccc(-n5c6ccccc6c6ccccc65)cc4)ccc3c2)cc1. The van der Waals surface area contributed by atoms with Crippen molar-refractivity contribution in [3.63, 3.8) is 0 Å². The third kappa shape index (κ3) is 6.12. The molecule has 0 bridgehead atoms. The molecule has 2 heteroatoms. The van der Waals surface area contributed by atoms with Crippen molar-refractivity contribution in [3.8, 4) is 39.1 Å². The summed E-state index contributed by atoms with van der Waals surface area (Å²) in [6, 6.07) is 88.4. The number of anilines is 3. The van der Waals surface area contributed by atoms with Gasteiger partial charge >= 0.3 is 0 Å². The van der Waals surface area contributed by atoms with Crippen LogP contribution >= 0.6 is 0 Å². The Bertz CT molecular complexity index is 3550. The molecule has 1 aromatic heterocycles. The second-order valence-corrected chi connectivity index (χ2v) is 16.1. The second-order valence-electron chi connectivity index (χ2n) is 16.1. The summed E-state index contributed by atoms with van der Waals surface area (Å²) < 4.78 is 2.38. The Kier molecular flexibility index (Phi) is 8.53. The molecule has 0 fully saturated rings. The minimum atomic E-state index is 1.09. The van der Waals surface area contributed by atoms with E-state index < -0.39 is 0 Å². The first-order chi connectivity index (χ1) is 30.7. The normalized spacial score (nSPS) is 11.5. The number of hydrogen-bond acceptors (Lipinski definition) is 1. The van der Waals surface area contributed by atoms with Crippen LogP contribution in [0.3, 0.4) is 0 Å². The molecule has 290 valence electrons. The smallest absolute Gasteiger partial charge is 0.0541 e. The third-order valence-corrected chi connectivity index (χ3v) is 12.6. The van der Waals surface area contributed by atoms with Crippen LogP contribution in [0.1, 0.15) is 0 Å². The van der Waals surface area contributed by atoms with Crippen molar-refractivity contribution in [1.82, 2.24) is 4.57 Å². The van der Waals surface area contributed by atoms with E-state index in [0.29, 0.717) is 0 Å². The summed E-state index contributed by atoms with van der Waals surface area (Å²) in [4.78, 5) is 2.37. The first kappa shape index (κ1) is 35.7. The second kappa shape index (κ2) is 14.8. The maximum Gasteiger partial charge on any atom is 0.0541 e. The largest absolute Gasteiger partial charge is 0.310 e. The van der Waals surface area contributed by atoms with Gasteiger partial charge < -0.3 is 9.47 Å². The Labute approximate surface area is 360 Å². The van der Waals surface area contributed by atoms with Crippen LogP contribution in [0.4, 0.5) is 17.1 Å². The summed E-state index contributed by atoms with van der Waals surface area (Å²) in [5.41, 5.74) is 14.1. The standard InChI is InChI=1S/C60H40N2/c1-2-12-41(13-3-1)45-26-27-47-39-52(33-30-46(47)38-45)61(50-34-36-51(37-35-50)62-59-20-10-8-18-56(59)57-19-9-11-21-60(57)62)49-31-28-43(29-32-49)42-22-24-44(25-23-42)58-40-48-14-4-5-15-53(48)54-16-6-7-17-55(54)58/h1-40H. The van der Waals surface area contributed by atoms with E-state index in [1.807, 2.05) is 0 Å². The van der Waals surface area contributed by atoms with Gasteiger partial charge in [0.05, 0.1) is 11.0 Å². The quantitative estimate of drug-likeness (QED) is 0.146. The minimum Gasteiger partial charge on any atom is -0.310 e. The number of para-hydroxylation sites is 2. The molecule has 62 heavy (non-hydrogen) atoms. The van der Waals surface area contributed by atoms with Gasteiger partial charge in [0.2, 0.25) is 0 Å². The Morgan fingerprint density at radius 2 is 0.726 bits per heavy atom. The Balaban J connectivity index is 0.921. The van der Waals surface area contributed by atoms with Gasteiger partial charge in [-0.3, -0.25) is 0 Å². The van der Waals surface area contributed by atoms with E-state index in [2.05, 4.69) is 252 Å². The lowest BCUT2D eigenvalue weighted by molar-refractivity contribution is 1.17. The van der Waals surface area contributed by atoms with Gasteiger partial charge in [-0.05, 0) is 138 Å². The van der Waals surface area contributed by atoms with Crippen molar-refractivity contribution in [2.75, 3.05) is 4.90 Å². The van der Waals surface area contributed by atoms with Crippen LogP contribution in [-0.4, -0.2) is 4.57 Å². The van der Waals surface area contributed by atoms with E-state index in [1.54, 1.807) is 0 Å². The average Bonchev–Trinajstić information content (AvgIpc) is 3.69. The highest BCUT2D eigenvalue weighted by Crippen LogP contribution is 2.40. The predicted octanol–water partition coefficient (Wildman–Crippen LogP) is 16.7. The van der Waals surface area contributed by atoms with E-state index in [1.165, 1.54) is 87.5 Å². The summed E-state index contributed by atoms with van der Waals surface area (Å²) in [6.45, 7) is 0. The first-order valence-electron chi connectivity index (χ1n) is 21.3. The molecule has 0 spiro atoms. The highest BCUT2D eigenvalue weighted by atomic mass is 15.1. The highest BCUT2D eigenvalue weighted by molar-refractivity contribution is 6.14. The molecular weight excluding hydrogens is 749 g/mol. The van der Waals surface area contributed by atoms with Gasteiger partial charge in [-0.1, -0.05) is 170 Å². The van der Waals surface area contributed by atoms with Gasteiger partial charge in [0.1, 0.15) is 0 Å². The topological polar surface area (TPSA) is 8.17 Å². The van der Waals surface area contributed by atoms with Crippen LogP contribution in [0.5, 0.6) is 0 Å². The van der Waals surface area contributed by atoms with Gasteiger partial charge in [0, 0.05) is 33.5 Å². The molecule has 0 amide bonds. The van der Waals surface area contributed by atoms with Crippen LogP contribution < -0.4 is 4.90 Å². The van der Waals surface area contributed by atoms with E-state index >= 15 is 0 Å². The number of aromatic nitrogens is 1. The molecule has 2 nitrogen and oxygen atoms in total. The van der Waals surface area contributed by atoms with Crippen molar-refractivity contribution < 1.29 is 0 Å². The number of rotatable bonds is 7. The van der Waals surface area contributed by atoms with Crippen molar-refractivity contribution in [2.24, 2.45) is 0 Å². The van der Waals surface area contributed by atoms with Gasteiger partial charge in [0.15, 0.2) is 0 Å². The fourth-order valence-corrected chi connectivity index (χ4v) is 9.52. The molecule has 11 aromatic carbocycles. The van der Waals surface area contributed by atoms with Gasteiger partial charge in [-0.2, -0.15) is 0 Å². The predicted molar refractivity (Wildman–Crippen MR) is 264 cm³/mol. The zero-order valence-electron chi connectivity index (χ0n) is 34.0. The van der Waals surface area contributed by atoms with E-state index in [4.69, 9.17) is 0 Å². The lowest BCUT2D eigenvalue weighted by atomic mass is 9.92. The van der Waals surface area contributed by atoms with Gasteiger partial charge in [-0.25, -0.2) is 0 Å². The van der Waals surface area contributed by atoms with E-state index in [-0.39, 0.29) is 0 Å². The summed E-state index contributed by atoms with van der Waals surface area (Å²) in [7, 11) is 0. The average molecular weight is 789 g/mol. The monoisotopic (exact) mass is 788 g/mol. The maximum atomic E-state index is 2.38. The Morgan fingerprint density at radius 1 is 0.258 bits per heavy atom. The lowest BCUT2D eigenvalue weighted by Gasteiger charge is -2.26. The number of benzene rings is 11. The number of hydrogen-bond donors (Lipinski definition) is 0. The molecule has 0 saturated heterocycles. The van der Waals surface area contributed by atoms with Gasteiger partial charge in [0.25, 0.3) is 0 Å². The van der Waals surface area contributed by atoms with E-state index in [0.717, 1.165) is 22.7 Å². The number of fused-ring (bicyclic) bond motifs is 7. The number of nitrogens with zero attached hydrogens (tertiary/aromatic N) is 2. The van der Waals surface area contributed by atoms with Crippen molar-refractivity contribution in [1.29, 1.82) is 0 Å². The molecule has 0 atom stereocenters. The third-order valence-electron chi connectivity index (χ3n) is 12.6. The molecule has 0 saturated carbocycles. The Hall–Kier alpha value is -8.20. The molecule has 12 aromatic rings. The molecule has 0 radical (unpaired) electrons. The highest BCUT2D eigenvalue weighted by Gasteiger charge is 2.17. The fraction of sp³-hybridized carbons (Fsp3) is 0. The molecule has 0 N–H and O–H groups in total. The van der Waals surface area contributed by atoms with Gasteiger partial charge in [-0.15, -0.1) is 0 Å². The first-order valence-corrected chi connectivity index (χ1v) is 21.3. The fourth-order valence-electron chi connectivity index (χ4n) is 9.52.